The smallest absolute Gasteiger partial charge is 0.463 e. The monoisotopic (exact) mass is 600 g/mol. The molecule has 0 aromatic heterocycles. The van der Waals surface area contributed by atoms with E-state index in [0.717, 1.165) is 24.3 Å². The third-order valence-corrected chi connectivity index (χ3v) is 7.14. The van der Waals surface area contributed by atoms with E-state index in [0.29, 0.717) is 51.4 Å². The highest BCUT2D eigenvalue weighted by atomic mass is 28.4. The minimum absolute atomic E-state index is 0.210. The molecule has 0 unspecified atom stereocenters. The average Bonchev–Trinajstić information content (AvgIpc) is 2.99. The number of ether oxygens (including phenoxy) is 4. The van der Waals surface area contributed by atoms with Gasteiger partial charge in [-0.3, -0.25) is 0 Å². The van der Waals surface area contributed by atoms with Crippen LogP contribution < -0.4 is 0 Å². The van der Waals surface area contributed by atoms with Gasteiger partial charge in [-0.15, -0.1) is 0 Å². The predicted octanol–water partition coefficient (Wildman–Crippen LogP) is 3.53. The van der Waals surface area contributed by atoms with Gasteiger partial charge in [0.15, 0.2) is 0 Å². The van der Waals surface area contributed by atoms with Gasteiger partial charge in [0, 0.05) is 50.7 Å². The lowest BCUT2D eigenvalue weighted by Gasteiger charge is -2.28. The molecule has 0 saturated heterocycles. The Morgan fingerprint density at radius 1 is 0.390 bits per heavy atom. The fraction of sp³-hybridized carbons (Fsp3) is 0.571. The number of rotatable bonds is 28. The highest BCUT2D eigenvalue weighted by molar-refractivity contribution is 6.53. The topological polar surface area (TPSA) is 142 Å². The molecule has 0 bridgehead atoms. The van der Waals surface area contributed by atoms with Gasteiger partial charge in [-0.05, 0) is 51.4 Å². The second-order valence-electron chi connectivity index (χ2n) is 8.21. The Kier molecular flexibility index (Phi) is 23.9. The fourth-order valence-electron chi connectivity index (χ4n) is 2.78. The molecular formula is C28H44O12Si. The van der Waals surface area contributed by atoms with E-state index in [9.17, 15) is 19.2 Å². The van der Waals surface area contributed by atoms with Gasteiger partial charge in [-0.2, -0.15) is 0 Å². The molecule has 0 aliphatic carbocycles. The molecule has 0 aliphatic heterocycles. The van der Waals surface area contributed by atoms with E-state index in [1.165, 1.54) is 0 Å². The maximum atomic E-state index is 11.2. The Hall–Kier alpha value is -3.10. The number of hydrogen-bond donors (Lipinski definition) is 0. The normalized spacial score (nSPS) is 10.7. The predicted molar refractivity (Wildman–Crippen MR) is 151 cm³/mol. The Balaban J connectivity index is 5.08. The largest absolute Gasteiger partial charge is 0.679 e. The summed E-state index contributed by atoms with van der Waals surface area (Å²) in [4.78, 5) is 44.9. The van der Waals surface area contributed by atoms with Crippen LogP contribution in [-0.4, -0.2) is 85.8 Å². The van der Waals surface area contributed by atoms with Crippen molar-refractivity contribution in [1.29, 1.82) is 0 Å². The Morgan fingerprint density at radius 2 is 0.585 bits per heavy atom. The molecule has 0 aromatic rings. The van der Waals surface area contributed by atoms with Crippen LogP contribution in [0.15, 0.2) is 50.6 Å². The van der Waals surface area contributed by atoms with E-state index in [-0.39, 0.29) is 52.9 Å². The Bertz CT molecular complexity index is 680. The van der Waals surface area contributed by atoms with Gasteiger partial charge in [-0.25, -0.2) is 19.2 Å². The molecule has 0 fully saturated rings. The molecule has 13 heteroatoms. The molecule has 0 saturated carbocycles. The van der Waals surface area contributed by atoms with E-state index in [2.05, 4.69) is 26.3 Å². The summed E-state index contributed by atoms with van der Waals surface area (Å²) in [5.41, 5.74) is 0. The van der Waals surface area contributed by atoms with Crippen LogP contribution in [0, 0.1) is 0 Å². The van der Waals surface area contributed by atoms with Gasteiger partial charge in [0.1, 0.15) is 0 Å². The second-order valence-corrected chi connectivity index (χ2v) is 10.4. The minimum Gasteiger partial charge on any atom is -0.463 e. The van der Waals surface area contributed by atoms with Crippen molar-refractivity contribution in [2.45, 2.75) is 51.4 Å². The number of unbranched alkanes of at least 4 members (excludes halogenated alkanes) is 4. The van der Waals surface area contributed by atoms with Crippen LogP contribution >= 0.6 is 0 Å². The molecule has 0 radical (unpaired) electrons. The second kappa shape index (κ2) is 25.8. The lowest BCUT2D eigenvalue weighted by Crippen LogP contribution is -2.50. The molecule has 232 valence electrons. The molecule has 0 aliphatic rings. The quantitative estimate of drug-likeness (QED) is 0.0426. The molecule has 41 heavy (non-hydrogen) atoms. The van der Waals surface area contributed by atoms with Gasteiger partial charge in [0.2, 0.25) is 0 Å². The minimum atomic E-state index is -3.65. The summed E-state index contributed by atoms with van der Waals surface area (Å²) in [6.07, 6.45) is 8.73. The highest BCUT2D eigenvalue weighted by Crippen LogP contribution is 2.16. The van der Waals surface area contributed by atoms with E-state index >= 15 is 0 Å². The zero-order valence-electron chi connectivity index (χ0n) is 23.9. The highest BCUT2D eigenvalue weighted by Gasteiger charge is 2.45. The van der Waals surface area contributed by atoms with Crippen molar-refractivity contribution in [3.63, 3.8) is 0 Å². The SMILES string of the molecule is C=CC(=O)OCCCCO[Si](OCCCCOC(=O)C=C)(OCCCCOC(=O)C=C)OCCCCOC(=O)C=C. The first-order valence-electron chi connectivity index (χ1n) is 13.5. The van der Waals surface area contributed by atoms with E-state index in [4.69, 9.17) is 36.7 Å². The zero-order chi connectivity index (χ0) is 30.6. The Labute approximate surface area is 243 Å². The van der Waals surface area contributed by atoms with Crippen molar-refractivity contribution in [2.24, 2.45) is 0 Å². The summed E-state index contributed by atoms with van der Waals surface area (Å²) < 4.78 is 44.2. The van der Waals surface area contributed by atoms with Gasteiger partial charge >= 0.3 is 32.9 Å². The van der Waals surface area contributed by atoms with Crippen LogP contribution in [0.1, 0.15) is 51.4 Å². The van der Waals surface area contributed by atoms with Crippen LogP contribution in [-0.2, 0) is 55.8 Å². The van der Waals surface area contributed by atoms with E-state index < -0.39 is 32.9 Å². The van der Waals surface area contributed by atoms with Crippen LogP contribution in [0.5, 0.6) is 0 Å². The standard InChI is InChI=1S/C28H44O12Si/c1-5-25(29)33-17-9-13-21-37-41(38-22-14-10-18-34-26(30)6-2,39-23-15-11-19-35-27(31)7-3)40-24-16-12-20-36-28(32)8-4/h5-8H,1-4,9-24H2. The van der Waals surface area contributed by atoms with Crippen LogP contribution in [0.25, 0.3) is 0 Å². The molecular weight excluding hydrogens is 556 g/mol. The van der Waals surface area contributed by atoms with E-state index in [1.807, 2.05) is 0 Å². The molecule has 0 aromatic carbocycles. The molecule has 0 rings (SSSR count). The molecule has 0 heterocycles. The zero-order valence-corrected chi connectivity index (χ0v) is 24.9. The molecule has 0 N–H and O–H groups in total. The van der Waals surface area contributed by atoms with Crippen LogP contribution in [0.4, 0.5) is 0 Å². The fourth-order valence-corrected chi connectivity index (χ4v) is 4.86. The first-order chi connectivity index (χ1) is 19.8. The molecule has 0 amide bonds. The maximum Gasteiger partial charge on any atom is 0.679 e. The number of hydrogen-bond acceptors (Lipinski definition) is 12. The number of carbonyl (C=O) groups is 4. The average molecular weight is 601 g/mol. The van der Waals surface area contributed by atoms with Gasteiger partial charge in [-0.1, -0.05) is 26.3 Å². The molecule has 12 nitrogen and oxygen atoms in total. The summed E-state index contributed by atoms with van der Waals surface area (Å²) in [7, 11) is -3.65. The van der Waals surface area contributed by atoms with Crippen molar-refractivity contribution in [3.8, 4) is 0 Å². The number of carbonyl (C=O) groups excluding carboxylic acids is 4. The van der Waals surface area contributed by atoms with Crippen LogP contribution in [0.2, 0.25) is 0 Å². The van der Waals surface area contributed by atoms with Gasteiger partial charge in [0.05, 0.1) is 26.4 Å². The summed E-state index contributed by atoms with van der Waals surface area (Å²) in [6, 6.07) is 0. The first-order valence-corrected chi connectivity index (χ1v) is 15.2. The lowest BCUT2D eigenvalue weighted by molar-refractivity contribution is -0.138. The third-order valence-electron chi connectivity index (χ3n) is 4.91. The molecule has 0 spiro atoms. The van der Waals surface area contributed by atoms with Gasteiger partial charge < -0.3 is 36.7 Å². The van der Waals surface area contributed by atoms with Crippen molar-refractivity contribution in [3.05, 3.63) is 50.6 Å². The van der Waals surface area contributed by atoms with Crippen molar-refractivity contribution < 1.29 is 55.8 Å². The summed E-state index contributed by atoms with van der Waals surface area (Å²) >= 11 is 0. The van der Waals surface area contributed by atoms with Crippen molar-refractivity contribution in [2.75, 3.05) is 52.9 Å². The number of esters is 4. The first kappa shape index (κ1) is 37.9. The van der Waals surface area contributed by atoms with Gasteiger partial charge in [0.25, 0.3) is 0 Å². The van der Waals surface area contributed by atoms with Crippen molar-refractivity contribution >= 4 is 32.9 Å². The third kappa shape index (κ3) is 22.3. The summed E-state index contributed by atoms with van der Waals surface area (Å²) in [5.74, 6) is -2.00. The van der Waals surface area contributed by atoms with E-state index in [1.54, 1.807) is 0 Å². The lowest BCUT2D eigenvalue weighted by atomic mass is 10.3. The van der Waals surface area contributed by atoms with Crippen molar-refractivity contribution in [1.82, 2.24) is 0 Å². The summed E-state index contributed by atoms with van der Waals surface area (Å²) in [5, 5.41) is 0. The maximum absolute atomic E-state index is 11.2. The molecule has 0 atom stereocenters. The Morgan fingerprint density at radius 3 is 0.780 bits per heavy atom. The summed E-state index contributed by atoms with van der Waals surface area (Å²) in [6.45, 7) is 15.2. The van der Waals surface area contributed by atoms with Crippen LogP contribution in [0.3, 0.4) is 0 Å².